The molecule has 0 aliphatic carbocycles. The fourth-order valence-corrected chi connectivity index (χ4v) is 3.03. The number of amides is 2. The van der Waals surface area contributed by atoms with Crippen molar-refractivity contribution in [2.75, 3.05) is 25.1 Å². The summed E-state index contributed by atoms with van der Waals surface area (Å²) in [5, 5.41) is 20.5. The lowest BCUT2D eigenvalue weighted by atomic mass is 10.0. The van der Waals surface area contributed by atoms with Gasteiger partial charge in [-0.25, -0.2) is 10.3 Å². The monoisotopic (exact) mass is 508 g/mol. The second kappa shape index (κ2) is 13.5. The summed E-state index contributed by atoms with van der Waals surface area (Å²) >= 11 is 3.33. The van der Waals surface area contributed by atoms with Crippen LogP contribution in [0.5, 0.6) is 5.75 Å². The topological polar surface area (TPSA) is 126 Å². The molecule has 32 heavy (non-hydrogen) atoms. The number of aliphatic hydroxyl groups is 1. The van der Waals surface area contributed by atoms with Crippen LogP contribution in [0, 0.1) is 0 Å². The highest BCUT2D eigenvalue weighted by Gasteiger charge is 2.29. The molecule has 172 valence electrons. The molecule has 0 unspecified atom stereocenters. The van der Waals surface area contributed by atoms with Gasteiger partial charge in [-0.3, -0.25) is 15.3 Å². The van der Waals surface area contributed by atoms with Crippen molar-refractivity contribution in [2.45, 2.75) is 19.1 Å². The van der Waals surface area contributed by atoms with E-state index in [2.05, 4.69) is 21.2 Å². The van der Waals surface area contributed by atoms with Crippen LogP contribution < -0.4 is 15.5 Å². The van der Waals surface area contributed by atoms with Gasteiger partial charge < -0.3 is 19.3 Å². The van der Waals surface area contributed by atoms with E-state index in [9.17, 15) is 9.59 Å². The van der Waals surface area contributed by atoms with Crippen molar-refractivity contribution >= 4 is 33.6 Å². The number of hydroxylamine groups is 1. The third-order valence-corrected chi connectivity index (χ3v) is 4.63. The number of hydrogen-bond donors (Lipinski definition) is 4. The quantitative estimate of drug-likeness (QED) is 0.207. The van der Waals surface area contributed by atoms with Crippen LogP contribution in [0.3, 0.4) is 0 Å². The van der Waals surface area contributed by atoms with Crippen LogP contribution in [0.1, 0.15) is 18.6 Å². The summed E-state index contributed by atoms with van der Waals surface area (Å²) in [5.41, 5.74) is 2.49. The molecule has 0 bridgehead atoms. The summed E-state index contributed by atoms with van der Waals surface area (Å²) in [6.45, 7) is 1.84. The minimum Gasteiger partial charge on any atom is -0.491 e. The lowest BCUT2D eigenvalue weighted by molar-refractivity contribution is -0.124. The summed E-state index contributed by atoms with van der Waals surface area (Å²) in [4.78, 5) is 24.2. The van der Waals surface area contributed by atoms with E-state index in [4.69, 9.17) is 24.5 Å². The van der Waals surface area contributed by atoms with Gasteiger partial charge in [-0.1, -0.05) is 34.1 Å². The molecular formula is C22H25BrN2O7. The zero-order valence-electron chi connectivity index (χ0n) is 17.4. The van der Waals surface area contributed by atoms with Gasteiger partial charge in [0.1, 0.15) is 18.5 Å². The largest absolute Gasteiger partial charge is 0.491 e. The van der Waals surface area contributed by atoms with Crippen molar-refractivity contribution in [2.24, 2.45) is 0 Å². The van der Waals surface area contributed by atoms with Crippen molar-refractivity contribution in [1.29, 1.82) is 0 Å². The molecule has 0 spiro atoms. The van der Waals surface area contributed by atoms with E-state index in [1.54, 1.807) is 55.5 Å². The Kier molecular flexibility index (Phi) is 10.7. The van der Waals surface area contributed by atoms with Gasteiger partial charge in [-0.2, -0.15) is 0 Å². The molecule has 2 rings (SSSR count). The van der Waals surface area contributed by atoms with Crippen LogP contribution in [0.25, 0.3) is 0 Å². The van der Waals surface area contributed by atoms with E-state index in [0.29, 0.717) is 17.0 Å². The second-order valence-corrected chi connectivity index (χ2v) is 7.24. The zero-order valence-corrected chi connectivity index (χ0v) is 18.9. The van der Waals surface area contributed by atoms with Gasteiger partial charge in [0, 0.05) is 28.4 Å². The van der Waals surface area contributed by atoms with E-state index in [1.807, 2.05) is 0 Å². The van der Waals surface area contributed by atoms with Crippen molar-refractivity contribution in [3.8, 4) is 5.75 Å². The molecule has 0 heterocycles. The Labute approximate surface area is 194 Å². The van der Waals surface area contributed by atoms with Crippen LogP contribution >= 0.6 is 15.9 Å². The maximum absolute atomic E-state index is 12.7. The van der Waals surface area contributed by atoms with E-state index >= 15 is 0 Å². The minimum absolute atomic E-state index is 0.0386. The first-order chi connectivity index (χ1) is 15.5. The van der Waals surface area contributed by atoms with Crippen LogP contribution in [-0.2, 0) is 14.3 Å². The van der Waals surface area contributed by atoms with Gasteiger partial charge in [0.2, 0.25) is 0 Å². The van der Waals surface area contributed by atoms with E-state index in [0.717, 1.165) is 10.5 Å². The van der Waals surface area contributed by atoms with Gasteiger partial charge in [0.15, 0.2) is 6.10 Å². The third kappa shape index (κ3) is 7.97. The summed E-state index contributed by atoms with van der Waals surface area (Å²) in [6, 6.07) is 13.8. The first-order valence-electron chi connectivity index (χ1n) is 9.78. The molecule has 4 N–H and O–H groups in total. The number of rotatable bonds is 11. The summed E-state index contributed by atoms with van der Waals surface area (Å²) < 4.78 is 17.9. The lowest BCUT2D eigenvalue weighted by Gasteiger charge is -2.27. The Morgan fingerprint density at radius 3 is 2.53 bits per heavy atom. The molecule has 0 aromatic heterocycles. The molecular weight excluding hydrogens is 484 g/mol. The molecule has 2 atom stereocenters. The van der Waals surface area contributed by atoms with Crippen LogP contribution in [0.2, 0.25) is 0 Å². The summed E-state index contributed by atoms with van der Waals surface area (Å²) in [5.74, 6) is -0.384. The van der Waals surface area contributed by atoms with Gasteiger partial charge in [-0.15, -0.1) is 0 Å². The zero-order chi connectivity index (χ0) is 23.3. The third-order valence-electron chi connectivity index (χ3n) is 4.10. The summed E-state index contributed by atoms with van der Waals surface area (Å²) in [7, 11) is 0. The Morgan fingerprint density at radius 1 is 1.16 bits per heavy atom. The fourth-order valence-electron chi connectivity index (χ4n) is 2.76. The summed E-state index contributed by atoms with van der Waals surface area (Å²) in [6.07, 6.45) is -0.204. The highest BCUT2D eigenvalue weighted by Crippen LogP contribution is 2.33. The predicted octanol–water partition coefficient (Wildman–Crippen LogP) is 3.58. The van der Waals surface area contributed by atoms with Gasteiger partial charge in [-0.05, 0) is 43.3 Å². The number of ether oxygens (including phenoxy) is 3. The molecule has 2 aromatic carbocycles. The fraction of sp³-hybridized carbons (Fsp3) is 0.273. The SMILES string of the molecule is CCO[C@H](/C=C/C(=O)NO)[C@H](OC(=O)Nc1ccc(Br)cc1)c1ccccc1OCCO. The number of aliphatic hydroxyl groups excluding tert-OH is 1. The lowest BCUT2D eigenvalue weighted by Crippen LogP contribution is -2.28. The Bertz CT molecular complexity index is 905. The van der Waals surface area contributed by atoms with Crippen LogP contribution in [-0.4, -0.2) is 48.2 Å². The number of hydrogen-bond acceptors (Lipinski definition) is 7. The predicted molar refractivity (Wildman–Crippen MR) is 120 cm³/mol. The van der Waals surface area contributed by atoms with E-state index in [-0.39, 0.29) is 19.8 Å². The minimum atomic E-state index is -1.01. The number of carbonyl (C=O) groups is 2. The van der Waals surface area contributed by atoms with Gasteiger partial charge in [0.25, 0.3) is 5.91 Å². The average Bonchev–Trinajstić information content (AvgIpc) is 2.80. The Hall–Kier alpha value is -2.92. The highest BCUT2D eigenvalue weighted by atomic mass is 79.9. The highest BCUT2D eigenvalue weighted by molar-refractivity contribution is 9.10. The van der Waals surface area contributed by atoms with Crippen molar-refractivity contribution < 1.29 is 34.1 Å². The van der Waals surface area contributed by atoms with Crippen LogP contribution in [0.15, 0.2) is 65.2 Å². The molecule has 0 saturated carbocycles. The van der Waals surface area contributed by atoms with E-state index in [1.165, 1.54) is 11.6 Å². The molecule has 0 saturated heterocycles. The molecule has 10 heteroatoms. The Balaban J connectivity index is 2.36. The first-order valence-corrected chi connectivity index (χ1v) is 10.6. The molecule has 2 aromatic rings. The van der Waals surface area contributed by atoms with Crippen molar-refractivity contribution in [1.82, 2.24) is 5.48 Å². The number of anilines is 1. The van der Waals surface area contributed by atoms with E-state index < -0.39 is 24.2 Å². The molecule has 0 aliphatic rings. The normalized spacial score (nSPS) is 12.8. The van der Waals surface area contributed by atoms with Crippen molar-refractivity contribution in [3.63, 3.8) is 0 Å². The second-order valence-electron chi connectivity index (χ2n) is 6.32. The molecule has 0 radical (unpaired) electrons. The maximum atomic E-state index is 12.7. The molecule has 2 amide bonds. The van der Waals surface area contributed by atoms with Crippen LogP contribution in [0.4, 0.5) is 10.5 Å². The smallest absolute Gasteiger partial charge is 0.412 e. The molecule has 0 fully saturated rings. The standard InChI is InChI=1S/C22H25BrN2O7/c1-2-30-19(11-12-20(27)25-29)21(17-5-3-4-6-18(17)31-14-13-26)32-22(28)24-16-9-7-15(23)8-10-16/h3-12,19,21,26,29H,2,13-14H2,1H3,(H,24,28)(H,25,27)/b12-11+/t19-,21-/m1/s1. The maximum Gasteiger partial charge on any atom is 0.412 e. The number of carbonyl (C=O) groups excluding carboxylic acids is 2. The number of para-hydroxylation sites is 1. The Morgan fingerprint density at radius 2 is 1.88 bits per heavy atom. The average molecular weight is 509 g/mol. The van der Waals surface area contributed by atoms with Gasteiger partial charge >= 0.3 is 6.09 Å². The number of benzene rings is 2. The van der Waals surface area contributed by atoms with Gasteiger partial charge in [0.05, 0.1) is 6.61 Å². The first kappa shape index (κ1) is 25.3. The van der Waals surface area contributed by atoms with Crippen molar-refractivity contribution in [3.05, 3.63) is 70.7 Å². The number of halogens is 1. The molecule has 0 aliphatic heterocycles. The molecule has 9 nitrogen and oxygen atoms in total. The number of nitrogens with one attached hydrogen (secondary N) is 2.